The molecule has 0 aromatic heterocycles. The Kier molecular flexibility index (Phi) is 4.33. The zero-order valence-corrected chi connectivity index (χ0v) is 18.8. The van der Waals surface area contributed by atoms with Gasteiger partial charge in [0.1, 0.15) is 0 Å². The maximum atomic E-state index is 13.9. The lowest BCUT2D eigenvalue weighted by Crippen LogP contribution is -2.50. The highest BCUT2D eigenvalue weighted by atomic mass is 19.4. The number of halogens is 3. The maximum absolute atomic E-state index is 13.9. The summed E-state index contributed by atoms with van der Waals surface area (Å²) in [6.45, 7) is 5.82. The van der Waals surface area contributed by atoms with Crippen LogP contribution >= 0.6 is 0 Å². The highest BCUT2D eigenvalue weighted by molar-refractivity contribution is 6.24. The van der Waals surface area contributed by atoms with Crippen molar-refractivity contribution in [3.8, 4) is 0 Å². The van der Waals surface area contributed by atoms with Crippen molar-refractivity contribution >= 4 is 29.3 Å². The fraction of sp³-hybridized carbons (Fsp3) is 0.500. The Morgan fingerprint density at radius 1 is 0.667 bits per heavy atom. The number of alkyl halides is 3. The molecular formula is C24H23F3N2O4. The number of hydrogen-bond acceptors (Lipinski definition) is 4. The third-order valence-corrected chi connectivity index (χ3v) is 8.32. The molecule has 2 heterocycles. The van der Waals surface area contributed by atoms with E-state index in [1.54, 1.807) is 26.0 Å². The predicted molar refractivity (Wildman–Crippen MR) is 111 cm³/mol. The average molecular weight is 460 g/mol. The molecule has 6 unspecified atom stereocenters. The lowest BCUT2D eigenvalue weighted by molar-refractivity contribution is -0.139. The zero-order valence-electron chi connectivity index (χ0n) is 18.8. The largest absolute Gasteiger partial charge is 0.417 e. The molecule has 1 aromatic carbocycles. The van der Waals surface area contributed by atoms with Crippen LogP contribution in [0.3, 0.4) is 0 Å². The monoisotopic (exact) mass is 460 g/mol. The SMILES string of the molecule is Cc1c(C)c(N2C(=O)C3C4C=CC(C5C(=O)N(C)C(=O)C45)C3C2=O)c(C)c(C(F)(F)F)c1C. The lowest BCUT2D eigenvalue weighted by atomic mass is 9.54. The van der Waals surface area contributed by atoms with Gasteiger partial charge in [-0.25, -0.2) is 4.90 Å². The number of anilines is 1. The number of benzene rings is 1. The van der Waals surface area contributed by atoms with Crippen LogP contribution in [0.25, 0.3) is 0 Å². The summed E-state index contributed by atoms with van der Waals surface area (Å²) in [6.07, 6.45) is -1.19. The number of hydrogen-bond donors (Lipinski definition) is 0. The number of rotatable bonds is 1. The second kappa shape index (κ2) is 6.55. The summed E-state index contributed by atoms with van der Waals surface area (Å²) in [6, 6.07) is 0. The van der Waals surface area contributed by atoms with Crippen LogP contribution in [0, 0.1) is 63.2 Å². The first-order valence-electron chi connectivity index (χ1n) is 10.9. The predicted octanol–water partition coefficient (Wildman–Crippen LogP) is 3.09. The molecule has 2 bridgehead atoms. The number of amides is 4. The Morgan fingerprint density at radius 2 is 1.09 bits per heavy atom. The molecule has 2 aliphatic heterocycles. The quantitative estimate of drug-likeness (QED) is 0.477. The van der Waals surface area contributed by atoms with E-state index in [-0.39, 0.29) is 28.6 Å². The van der Waals surface area contributed by atoms with Gasteiger partial charge in [-0.1, -0.05) is 12.2 Å². The minimum absolute atomic E-state index is 0.0332. The molecule has 4 amide bonds. The molecule has 3 fully saturated rings. The number of nitrogens with zero attached hydrogens (tertiary/aromatic N) is 2. The average Bonchev–Trinajstić information content (AvgIpc) is 3.14. The van der Waals surface area contributed by atoms with E-state index >= 15 is 0 Å². The van der Waals surface area contributed by atoms with Gasteiger partial charge in [-0.05, 0) is 49.9 Å². The third-order valence-electron chi connectivity index (χ3n) is 8.32. The second-order valence-corrected chi connectivity index (χ2v) is 9.61. The molecular weight excluding hydrogens is 437 g/mol. The zero-order chi connectivity index (χ0) is 24.3. The molecule has 2 saturated heterocycles. The summed E-state index contributed by atoms with van der Waals surface area (Å²) in [5.41, 5.74) is -0.187. The van der Waals surface area contributed by atoms with E-state index in [0.29, 0.717) is 11.1 Å². The number of likely N-dealkylation sites (tertiary alicyclic amines) is 1. The van der Waals surface area contributed by atoms with E-state index in [1.165, 1.54) is 20.9 Å². The van der Waals surface area contributed by atoms with E-state index in [1.807, 2.05) is 0 Å². The molecule has 1 saturated carbocycles. The fourth-order valence-corrected chi connectivity index (χ4v) is 6.68. The minimum Gasteiger partial charge on any atom is -0.285 e. The van der Waals surface area contributed by atoms with Crippen LogP contribution in [-0.2, 0) is 25.4 Å². The first kappa shape index (κ1) is 21.9. The Bertz CT molecular complexity index is 1150. The summed E-state index contributed by atoms with van der Waals surface area (Å²) in [4.78, 5) is 54.7. The van der Waals surface area contributed by atoms with Gasteiger partial charge < -0.3 is 0 Å². The van der Waals surface area contributed by atoms with Crippen LogP contribution in [0.1, 0.15) is 27.8 Å². The molecule has 0 spiro atoms. The Hall–Kier alpha value is -2.97. The van der Waals surface area contributed by atoms with Crippen LogP contribution in [0.15, 0.2) is 12.2 Å². The van der Waals surface area contributed by atoms with Gasteiger partial charge in [-0.2, -0.15) is 13.2 Å². The van der Waals surface area contributed by atoms with E-state index in [0.717, 1.165) is 9.80 Å². The number of imide groups is 2. The summed E-state index contributed by atoms with van der Waals surface area (Å²) in [5.74, 6) is -6.40. The van der Waals surface area contributed by atoms with Crippen LogP contribution in [0.4, 0.5) is 18.9 Å². The molecule has 1 aromatic rings. The van der Waals surface area contributed by atoms with E-state index in [9.17, 15) is 32.3 Å². The number of carbonyl (C=O) groups excluding carboxylic acids is 4. The Labute approximate surface area is 188 Å². The van der Waals surface area contributed by atoms with Crippen molar-refractivity contribution in [3.05, 3.63) is 40.0 Å². The number of carbonyl (C=O) groups is 4. The Morgan fingerprint density at radius 3 is 1.52 bits per heavy atom. The van der Waals surface area contributed by atoms with Crippen molar-refractivity contribution in [3.63, 3.8) is 0 Å². The van der Waals surface area contributed by atoms with Gasteiger partial charge in [0.2, 0.25) is 23.6 Å². The summed E-state index contributed by atoms with van der Waals surface area (Å²) >= 11 is 0. The highest BCUT2D eigenvalue weighted by Gasteiger charge is 2.68. The van der Waals surface area contributed by atoms with Crippen LogP contribution in [0.2, 0.25) is 0 Å². The van der Waals surface area contributed by atoms with Crippen LogP contribution in [0.5, 0.6) is 0 Å². The van der Waals surface area contributed by atoms with E-state index in [2.05, 4.69) is 0 Å². The maximum Gasteiger partial charge on any atom is 0.417 e. The molecule has 6 nitrogen and oxygen atoms in total. The molecule has 9 heteroatoms. The van der Waals surface area contributed by atoms with Gasteiger partial charge in [-0.3, -0.25) is 24.1 Å². The van der Waals surface area contributed by atoms with Gasteiger partial charge in [0.15, 0.2) is 0 Å². The molecule has 6 rings (SSSR count). The van der Waals surface area contributed by atoms with Crippen molar-refractivity contribution in [2.24, 2.45) is 35.5 Å². The summed E-state index contributed by atoms with van der Waals surface area (Å²) in [5, 5.41) is 0. The highest BCUT2D eigenvalue weighted by Crippen LogP contribution is 2.58. The third kappa shape index (κ3) is 2.50. The molecule has 0 N–H and O–H groups in total. The van der Waals surface area contributed by atoms with Crippen molar-refractivity contribution in [1.29, 1.82) is 0 Å². The van der Waals surface area contributed by atoms with Crippen molar-refractivity contribution in [2.45, 2.75) is 33.9 Å². The standard InChI is InChI=1S/C24H23F3N2O4/c1-8-9(2)18(24(25,26)27)11(4)19(10(8)3)29-22(32)16-12-6-7-13(17(16)23(29)33)15-14(12)20(30)28(5)21(15)31/h6-7,12-17H,1-5H3. The summed E-state index contributed by atoms with van der Waals surface area (Å²) < 4.78 is 41.7. The first-order chi connectivity index (χ1) is 15.3. The fourth-order valence-electron chi connectivity index (χ4n) is 6.68. The van der Waals surface area contributed by atoms with Crippen LogP contribution < -0.4 is 4.90 Å². The van der Waals surface area contributed by atoms with Gasteiger partial charge in [-0.15, -0.1) is 0 Å². The van der Waals surface area contributed by atoms with Crippen molar-refractivity contribution in [2.75, 3.05) is 11.9 Å². The normalized spacial score (nSPS) is 32.8. The summed E-state index contributed by atoms with van der Waals surface area (Å²) in [7, 11) is 1.40. The molecule has 0 radical (unpaired) electrons. The molecule has 5 aliphatic rings. The molecule has 3 aliphatic carbocycles. The van der Waals surface area contributed by atoms with Gasteiger partial charge in [0.25, 0.3) is 0 Å². The minimum atomic E-state index is -4.65. The number of allylic oxidation sites excluding steroid dienone is 2. The van der Waals surface area contributed by atoms with Gasteiger partial charge in [0, 0.05) is 18.9 Å². The van der Waals surface area contributed by atoms with Crippen LogP contribution in [-0.4, -0.2) is 35.6 Å². The van der Waals surface area contributed by atoms with Crippen molar-refractivity contribution < 1.29 is 32.3 Å². The molecule has 174 valence electrons. The lowest BCUT2D eigenvalue weighted by Gasteiger charge is -2.44. The smallest absolute Gasteiger partial charge is 0.285 e. The van der Waals surface area contributed by atoms with Gasteiger partial charge in [0.05, 0.1) is 34.9 Å². The first-order valence-corrected chi connectivity index (χ1v) is 10.9. The van der Waals surface area contributed by atoms with Crippen molar-refractivity contribution in [1.82, 2.24) is 4.90 Å². The van der Waals surface area contributed by atoms with E-state index < -0.39 is 59.1 Å². The second-order valence-electron chi connectivity index (χ2n) is 9.61. The molecule has 6 atom stereocenters. The molecule has 33 heavy (non-hydrogen) atoms. The Balaban J connectivity index is 1.67. The van der Waals surface area contributed by atoms with E-state index in [4.69, 9.17) is 0 Å². The topological polar surface area (TPSA) is 74.8 Å². The van der Waals surface area contributed by atoms with Gasteiger partial charge >= 0.3 is 6.18 Å².